The summed E-state index contributed by atoms with van der Waals surface area (Å²) < 4.78 is 0. The summed E-state index contributed by atoms with van der Waals surface area (Å²) in [5.74, 6) is -2.70. The van der Waals surface area contributed by atoms with Crippen molar-refractivity contribution in [2.45, 2.75) is 76.5 Å². The van der Waals surface area contributed by atoms with Crippen molar-refractivity contribution in [3.63, 3.8) is 0 Å². The fourth-order valence-electron chi connectivity index (χ4n) is 4.23. The van der Waals surface area contributed by atoms with Gasteiger partial charge < -0.3 is 42.8 Å². The van der Waals surface area contributed by atoms with Gasteiger partial charge in [0.25, 0.3) is 0 Å². The van der Waals surface area contributed by atoms with E-state index in [0.29, 0.717) is 31.4 Å². The van der Waals surface area contributed by atoms with E-state index in [1.165, 1.54) is 11.2 Å². The van der Waals surface area contributed by atoms with Crippen LogP contribution in [0.15, 0.2) is 17.5 Å². The van der Waals surface area contributed by atoms with Gasteiger partial charge in [-0.3, -0.25) is 19.4 Å². The molecule has 0 spiro atoms. The summed E-state index contributed by atoms with van der Waals surface area (Å²) in [6.45, 7) is 4.32. The first-order valence-corrected chi connectivity index (χ1v) is 12.4. The monoisotopic (exact) mass is 521 g/mol. The van der Waals surface area contributed by atoms with Crippen LogP contribution in [0.25, 0.3) is 0 Å². The van der Waals surface area contributed by atoms with Crippen LogP contribution < -0.4 is 27.8 Å². The van der Waals surface area contributed by atoms with Crippen molar-refractivity contribution in [3.05, 3.63) is 18.2 Å². The van der Waals surface area contributed by atoms with Crippen LogP contribution in [-0.4, -0.2) is 86.9 Å². The maximum atomic E-state index is 13.3. The molecule has 10 N–H and O–H groups in total. The van der Waals surface area contributed by atoms with Crippen LogP contribution in [-0.2, 0) is 25.6 Å². The van der Waals surface area contributed by atoms with E-state index in [1.807, 2.05) is 13.8 Å². The Balaban J connectivity index is 2.14. The number of carbonyl (C=O) groups excluding carboxylic acids is 3. The lowest BCUT2D eigenvalue weighted by atomic mass is 10.0. The van der Waals surface area contributed by atoms with Gasteiger partial charge in [0, 0.05) is 31.4 Å². The normalized spacial score (nSPS) is 17.6. The number of imidazole rings is 1. The summed E-state index contributed by atoms with van der Waals surface area (Å²) in [5, 5.41) is 14.9. The number of H-pyrrole nitrogens is 1. The Labute approximate surface area is 215 Å². The molecule has 1 aromatic rings. The quantitative estimate of drug-likeness (QED) is 0.0848. The van der Waals surface area contributed by atoms with Crippen LogP contribution in [0.4, 0.5) is 0 Å². The van der Waals surface area contributed by atoms with Gasteiger partial charge in [-0.2, -0.15) is 0 Å². The van der Waals surface area contributed by atoms with Crippen LogP contribution in [0.1, 0.15) is 51.6 Å². The number of rotatable bonds is 14. The van der Waals surface area contributed by atoms with Gasteiger partial charge >= 0.3 is 5.97 Å². The van der Waals surface area contributed by atoms with Crippen molar-refractivity contribution in [1.82, 2.24) is 25.5 Å². The van der Waals surface area contributed by atoms with E-state index < -0.39 is 47.9 Å². The maximum Gasteiger partial charge on any atom is 0.326 e. The molecule has 0 aromatic carbocycles. The first-order valence-electron chi connectivity index (χ1n) is 12.4. The molecule has 0 aliphatic carbocycles. The van der Waals surface area contributed by atoms with Gasteiger partial charge in [0.1, 0.15) is 18.1 Å². The highest BCUT2D eigenvalue weighted by atomic mass is 16.4. The molecule has 1 aliphatic rings. The smallest absolute Gasteiger partial charge is 0.326 e. The van der Waals surface area contributed by atoms with Crippen molar-refractivity contribution >= 4 is 29.7 Å². The van der Waals surface area contributed by atoms with Gasteiger partial charge in [0.2, 0.25) is 17.7 Å². The highest BCUT2D eigenvalue weighted by molar-refractivity contribution is 5.94. The van der Waals surface area contributed by atoms with Crippen LogP contribution in [0.3, 0.4) is 0 Å². The van der Waals surface area contributed by atoms with Crippen molar-refractivity contribution in [3.8, 4) is 0 Å². The molecule has 0 radical (unpaired) electrons. The average Bonchev–Trinajstić information content (AvgIpc) is 3.51. The van der Waals surface area contributed by atoms with Crippen molar-refractivity contribution < 1.29 is 24.3 Å². The first kappa shape index (κ1) is 29.5. The molecule has 4 unspecified atom stereocenters. The lowest BCUT2D eigenvalue weighted by molar-refractivity contribution is -0.149. The van der Waals surface area contributed by atoms with Crippen LogP contribution in [0, 0.1) is 5.92 Å². The molecule has 1 aliphatic heterocycles. The molecule has 206 valence electrons. The van der Waals surface area contributed by atoms with Gasteiger partial charge in [-0.15, -0.1) is 0 Å². The van der Waals surface area contributed by atoms with Crippen LogP contribution in [0.2, 0.25) is 0 Å². The van der Waals surface area contributed by atoms with Gasteiger partial charge in [-0.25, -0.2) is 9.78 Å². The summed E-state index contributed by atoms with van der Waals surface area (Å²) in [7, 11) is 0. The lowest BCUT2D eigenvalue weighted by Gasteiger charge is -2.29. The Morgan fingerprint density at radius 1 is 1.22 bits per heavy atom. The van der Waals surface area contributed by atoms with Crippen LogP contribution >= 0.6 is 0 Å². The molecular formula is C23H39N9O5. The molecule has 1 aromatic heterocycles. The summed E-state index contributed by atoms with van der Waals surface area (Å²) >= 11 is 0. The number of nitrogens with two attached hydrogens (primary N) is 3. The second-order valence-corrected chi connectivity index (χ2v) is 9.62. The molecule has 14 nitrogen and oxygen atoms in total. The summed E-state index contributed by atoms with van der Waals surface area (Å²) in [5.41, 5.74) is 17.4. The van der Waals surface area contributed by atoms with Gasteiger partial charge in [0.05, 0.1) is 12.4 Å². The number of carboxylic acids is 1. The van der Waals surface area contributed by atoms with Gasteiger partial charge in [-0.1, -0.05) is 13.8 Å². The second kappa shape index (κ2) is 14.2. The van der Waals surface area contributed by atoms with Gasteiger partial charge in [0.15, 0.2) is 5.96 Å². The number of hydrogen-bond donors (Lipinski definition) is 7. The fraction of sp³-hybridized carbons (Fsp3) is 0.652. The number of nitrogens with one attached hydrogen (secondary N) is 3. The number of guanidine groups is 1. The molecule has 2 rings (SSSR count). The number of hydrogen-bond acceptors (Lipinski definition) is 7. The molecule has 2 heterocycles. The molecule has 3 amide bonds. The number of aromatic amines is 1. The molecule has 0 bridgehead atoms. The first-order chi connectivity index (χ1) is 17.5. The summed E-state index contributed by atoms with van der Waals surface area (Å²) in [6, 6.07) is -3.81. The third-order valence-corrected chi connectivity index (χ3v) is 6.05. The highest BCUT2D eigenvalue weighted by Crippen LogP contribution is 2.20. The zero-order valence-electron chi connectivity index (χ0n) is 21.4. The Bertz CT molecular complexity index is 946. The fourth-order valence-corrected chi connectivity index (χ4v) is 4.23. The largest absolute Gasteiger partial charge is 0.480 e. The van der Waals surface area contributed by atoms with Crippen LogP contribution in [0.5, 0.6) is 0 Å². The number of aliphatic imine (C=N–C) groups is 1. The predicted molar refractivity (Wildman–Crippen MR) is 136 cm³/mol. The second-order valence-electron chi connectivity index (χ2n) is 9.62. The minimum atomic E-state index is -1.09. The molecule has 0 saturated carbocycles. The summed E-state index contributed by atoms with van der Waals surface area (Å²) in [6.07, 6.45) is 5.02. The standard InChI is InChI=1S/C23H39N9O5/c1-13(2)9-17(31-19(33)15(24)10-14-11-27-12-29-14)20(34)30-16(5-3-7-28-23(25)26)21(35)32-8-4-6-18(32)22(36)37/h11-13,15-18H,3-10,24H2,1-2H3,(H,27,29)(H,30,34)(H,31,33)(H,36,37)(H4,25,26,28). The van der Waals surface area contributed by atoms with E-state index in [-0.39, 0.29) is 37.8 Å². The SMILES string of the molecule is CC(C)CC(NC(=O)C(N)Cc1cnc[nH]1)C(=O)NC(CCCN=C(N)N)C(=O)N1CCCC1C(=O)O. The molecule has 37 heavy (non-hydrogen) atoms. The van der Waals surface area contributed by atoms with E-state index >= 15 is 0 Å². The van der Waals surface area contributed by atoms with E-state index in [2.05, 4.69) is 25.6 Å². The molecular weight excluding hydrogens is 482 g/mol. The van der Waals surface area contributed by atoms with Gasteiger partial charge in [-0.05, 0) is 38.0 Å². The third-order valence-electron chi connectivity index (χ3n) is 6.05. The number of amides is 3. The Kier molecular flexibility index (Phi) is 11.3. The maximum absolute atomic E-state index is 13.3. The predicted octanol–water partition coefficient (Wildman–Crippen LogP) is -1.58. The Morgan fingerprint density at radius 3 is 2.51 bits per heavy atom. The number of carbonyl (C=O) groups is 4. The molecule has 14 heteroatoms. The van der Waals surface area contributed by atoms with E-state index in [9.17, 15) is 24.3 Å². The Morgan fingerprint density at radius 2 is 1.92 bits per heavy atom. The minimum Gasteiger partial charge on any atom is -0.480 e. The van der Waals surface area contributed by atoms with Crippen molar-refractivity contribution in [1.29, 1.82) is 0 Å². The van der Waals surface area contributed by atoms with E-state index in [0.717, 1.165) is 0 Å². The minimum absolute atomic E-state index is 0.0471. The van der Waals surface area contributed by atoms with E-state index in [4.69, 9.17) is 17.2 Å². The molecule has 1 fully saturated rings. The lowest BCUT2D eigenvalue weighted by Crippen LogP contribution is -2.57. The topological polar surface area (TPSA) is 235 Å². The average molecular weight is 522 g/mol. The van der Waals surface area contributed by atoms with Crippen molar-refractivity contribution in [2.24, 2.45) is 28.1 Å². The summed E-state index contributed by atoms with van der Waals surface area (Å²) in [4.78, 5) is 63.0. The third kappa shape index (κ3) is 9.37. The molecule has 1 saturated heterocycles. The number of aromatic nitrogens is 2. The Hall–Kier alpha value is -3.68. The number of nitrogens with zero attached hydrogens (tertiary/aromatic N) is 3. The number of likely N-dealkylation sites (tertiary alicyclic amines) is 1. The number of carboxylic acid groups (broad SMARTS) is 1. The molecule has 4 atom stereocenters. The van der Waals surface area contributed by atoms with Crippen molar-refractivity contribution in [2.75, 3.05) is 13.1 Å². The van der Waals surface area contributed by atoms with E-state index in [1.54, 1.807) is 6.20 Å². The highest BCUT2D eigenvalue weighted by Gasteiger charge is 2.38. The number of aliphatic carboxylic acids is 1. The zero-order valence-corrected chi connectivity index (χ0v) is 21.4. The zero-order chi connectivity index (χ0) is 27.5.